The topological polar surface area (TPSA) is 64.6 Å². The van der Waals surface area contributed by atoms with E-state index in [1.54, 1.807) is 6.92 Å². The molecule has 18 heavy (non-hydrogen) atoms. The van der Waals surface area contributed by atoms with Gasteiger partial charge in [0.15, 0.2) is 0 Å². The molecule has 1 fully saturated rings. The number of hydrogen-bond acceptors (Lipinski definition) is 5. The Morgan fingerprint density at radius 1 is 1.28 bits per heavy atom. The molecule has 0 unspecified atom stereocenters. The molecule has 0 bridgehead atoms. The van der Waals surface area contributed by atoms with Crippen LogP contribution >= 0.6 is 0 Å². The summed E-state index contributed by atoms with van der Waals surface area (Å²) in [6.45, 7) is 7.70. The zero-order chi connectivity index (χ0) is 13.8. The lowest BCUT2D eigenvalue weighted by Crippen LogP contribution is -2.40. The van der Waals surface area contributed by atoms with Crippen LogP contribution in [-0.2, 0) is 19.1 Å². The molecule has 0 spiro atoms. The minimum absolute atomic E-state index is 0.0153. The van der Waals surface area contributed by atoms with Gasteiger partial charge in [0.1, 0.15) is 11.6 Å². The van der Waals surface area contributed by atoms with E-state index in [1.807, 2.05) is 20.8 Å². The molecule has 1 aliphatic heterocycles. The lowest BCUT2D eigenvalue weighted by molar-refractivity contribution is -0.157. The van der Waals surface area contributed by atoms with Crippen LogP contribution in [-0.4, -0.2) is 36.2 Å². The molecule has 0 amide bonds. The summed E-state index contributed by atoms with van der Waals surface area (Å²) in [6.07, 6.45) is 1.81. The molecular weight excluding hydrogens is 234 g/mol. The number of carbonyl (C=O) groups is 2. The van der Waals surface area contributed by atoms with Crippen LogP contribution in [0.25, 0.3) is 0 Å². The van der Waals surface area contributed by atoms with Crippen molar-refractivity contribution in [1.82, 2.24) is 5.32 Å². The van der Waals surface area contributed by atoms with Gasteiger partial charge in [0, 0.05) is 6.04 Å². The first-order valence-electron chi connectivity index (χ1n) is 6.46. The Hall–Kier alpha value is -1.10. The molecule has 1 saturated heterocycles. The van der Waals surface area contributed by atoms with E-state index in [-0.39, 0.29) is 24.0 Å². The van der Waals surface area contributed by atoms with E-state index in [0.717, 1.165) is 6.42 Å². The molecule has 5 heteroatoms. The van der Waals surface area contributed by atoms with E-state index in [4.69, 9.17) is 9.47 Å². The quantitative estimate of drug-likeness (QED) is 0.771. The maximum absolute atomic E-state index is 11.8. The molecule has 0 aromatic heterocycles. The van der Waals surface area contributed by atoms with Gasteiger partial charge >= 0.3 is 11.9 Å². The van der Waals surface area contributed by atoms with Gasteiger partial charge in [-0.3, -0.25) is 9.59 Å². The van der Waals surface area contributed by atoms with Gasteiger partial charge < -0.3 is 14.8 Å². The van der Waals surface area contributed by atoms with E-state index in [0.29, 0.717) is 19.4 Å². The van der Waals surface area contributed by atoms with Gasteiger partial charge in [-0.1, -0.05) is 0 Å². The highest BCUT2D eigenvalue weighted by Gasteiger charge is 2.33. The largest absolute Gasteiger partial charge is 0.466 e. The standard InChI is InChI=1S/C13H23NO4/c1-5-17-11(15)8-9-6-7-10(14-9)12(16)18-13(2,3)4/h9-10,14H,5-8H2,1-4H3/t9-,10-/m1/s1. The number of rotatable bonds is 4. The highest BCUT2D eigenvalue weighted by molar-refractivity contribution is 5.77. The van der Waals surface area contributed by atoms with Gasteiger partial charge in [-0.05, 0) is 40.5 Å². The van der Waals surface area contributed by atoms with Gasteiger partial charge in [0.25, 0.3) is 0 Å². The highest BCUT2D eigenvalue weighted by Crippen LogP contribution is 2.19. The Kier molecular flexibility index (Phi) is 5.14. The molecular formula is C13H23NO4. The molecule has 0 aromatic carbocycles. The first kappa shape index (κ1) is 15.0. The van der Waals surface area contributed by atoms with Gasteiger partial charge in [-0.15, -0.1) is 0 Å². The van der Waals surface area contributed by atoms with Crippen LogP contribution in [0, 0.1) is 0 Å². The normalized spacial score (nSPS) is 23.8. The molecule has 0 saturated carbocycles. The first-order chi connectivity index (χ1) is 8.31. The summed E-state index contributed by atoms with van der Waals surface area (Å²) in [4.78, 5) is 23.1. The zero-order valence-electron chi connectivity index (χ0n) is 11.6. The number of esters is 2. The third kappa shape index (κ3) is 5.04. The summed E-state index contributed by atoms with van der Waals surface area (Å²) in [5, 5.41) is 3.13. The van der Waals surface area contributed by atoms with Gasteiger partial charge in [0.05, 0.1) is 13.0 Å². The summed E-state index contributed by atoms with van der Waals surface area (Å²) in [5.41, 5.74) is -0.474. The SMILES string of the molecule is CCOC(=O)C[C@H]1CC[C@H](C(=O)OC(C)(C)C)N1. The summed E-state index contributed by atoms with van der Waals surface area (Å²) >= 11 is 0. The van der Waals surface area contributed by atoms with E-state index < -0.39 is 5.60 Å². The zero-order valence-corrected chi connectivity index (χ0v) is 11.6. The van der Waals surface area contributed by atoms with Crippen LogP contribution in [0.1, 0.15) is 47.0 Å². The van der Waals surface area contributed by atoms with Crippen molar-refractivity contribution < 1.29 is 19.1 Å². The molecule has 5 nitrogen and oxygen atoms in total. The summed E-state index contributed by atoms with van der Waals surface area (Å²) in [5.74, 6) is -0.464. The fraction of sp³-hybridized carbons (Fsp3) is 0.846. The molecule has 1 N–H and O–H groups in total. The Labute approximate surface area is 108 Å². The summed E-state index contributed by atoms with van der Waals surface area (Å²) in [6, 6.07) is -0.287. The fourth-order valence-electron chi connectivity index (χ4n) is 1.96. The first-order valence-corrected chi connectivity index (χ1v) is 6.46. The molecule has 104 valence electrons. The molecule has 1 rings (SSSR count). The van der Waals surface area contributed by atoms with Crippen LogP contribution in [0.4, 0.5) is 0 Å². The van der Waals surface area contributed by atoms with Crippen molar-refractivity contribution in [1.29, 1.82) is 0 Å². The van der Waals surface area contributed by atoms with Crippen LogP contribution in [0.2, 0.25) is 0 Å². The van der Waals surface area contributed by atoms with Crippen LogP contribution in [0.5, 0.6) is 0 Å². The molecule has 0 aromatic rings. The third-order valence-corrected chi connectivity index (χ3v) is 2.65. The van der Waals surface area contributed by atoms with Crippen molar-refractivity contribution in [2.24, 2.45) is 0 Å². The number of carbonyl (C=O) groups excluding carboxylic acids is 2. The van der Waals surface area contributed by atoms with Crippen molar-refractivity contribution in [3.05, 3.63) is 0 Å². The van der Waals surface area contributed by atoms with Gasteiger partial charge in [0.2, 0.25) is 0 Å². The van der Waals surface area contributed by atoms with Crippen molar-refractivity contribution in [2.45, 2.75) is 64.6 Å². The second-order valence-electron chi connectivity index (χ2n) is 5.54. The minimum Gasteiger partial charge on any atom is -0.466 e. The maximum atomic E-state index is 11.8. The number of ether oxygens (including phenoxy) is 2. The number of hydrogen-bond donors (Lipinski definition) is 1. The van der Waals surface area contributed by atoms with Gasteiger partial charge in [-0.25, -0.2) is 0 Å². The van der Waals surface area contributed by atoms with Crippen molar-refractivity contribution in [3.63, 3.8) is 0 Å². The lowest BCUT2D eigenvalue weighted by atomic mass is 10.1. The average molecular weight is 257 g/mol. The summed E-state index contributed by atoms with van der Waals surface area (Å²) in [7, 11) is 0. The fourth-order valence-corrected chi connectivity index (χ4v) is 1.96. The Morgan fingerprint density at radius 2 is 1.94 bits per heavy atom. The van der Waals surface area contributed by atoms with Crippen molar-refractivity contribution in [2.75, 3.05) is 6.61 Å². The molecule has 0 radical (unpaired) electrons. The minimum atomic E-state index is -0.474. The smallest absolute Gasteiger partial charge is 0.323 e. The van der Waals surface area contributed by atoms with Gasteiger partial charge in [-0.2, -0.15) is 0 Å². The van der Waals surface area contributed by atoms with Crippen molar-refractivity contribution in [3.8, 4) is 0 Å². The highest BCUT2D eigenvalue weighted by atomic mass is 16.6. The Balaban J connectivity index is 2.37. The summed E-state index contributed by atoms with van der Waals surface area (Å²) < 4.78 is 10.2. The van der Waals surface area contributed by atoms with E-state index in [2.05, 4.69) is 5.32 Å². The van der Waals surface area contributed by atoms with Crippen LogP contribution in [0.15, 0.2) is 0 Å². The van der Waals surface area contributed by atoms with E-state index in [1.165, 1.54) is 0 Å². The van der Waals surface area contributed by atoms with E-state index in [9.17, 15) is 9.59 Å². The second kappa shape index (κ2) is 6.18. The predicted molar refractivity (Wildman–Crippen MR) is 67.0 cm³/mol. The molecule has 0 aliphatic carbocycles. The average Bonchev–Trinajstić information content (AvgIpc) is 2.63. The Morgan fingerprint density at radius 3 is 2.50 bits per heavy atom. The predicted octanol–water partition coefficient (Wildman–Crippen LogP) is 1.40. The van der Waals surface area contributed by atoms with Crippen LogP contribution < -0.4 is 5.32 Å². The van der Waals surface area contributed by atoms with Crippen molar-refractivity contribution >= 4 is 11.9 Å². The monoisotopic (exact) mass is 257 g/mol. The molecule has 2 atom stereocenters. The second-order valence-corrected chi connectivity index (χ2v) is 5.54. The Bertz CT molecular complexity index is 309. The van der Waals surface area contributed by atoms with Crippen LogP contribution in [0.3, 0.4) is 0 Å². The third-order valence-electron chi connectivity index (χ3n) is 2.65. The number of nitrogens with one attached hydrogen (secondary N) is 1. The lowest BCUT2D eigenvalue weighted by Gasteiger charge is -2.22. The molecule has 1 heterocycles. The van der Waals surface area contributed by atoms with E-state index >= 15 is 0 Å². The molecule has 1 aliphatic rings. The maximum Gasteiger partial charge on any atom is 0.323 e.